The van der Waals surface area contributed by atoms with Gasteiger partial charge in [0.1, 0.15) is 6.10 Å². The van der Waals surface area contributed by atoms with Crippen LogP contribution in [0.2, 0.25) is 0 Å². The normalized spacial score (nSPS) is 14.1. The molecule has 0 heterocycles. The Morgan fingerprint density at radius 1 is 1.21 bits per heavy atom. The molecule has 0 saturated carbocycles. The van der Waals surface area contributed by atoms with E-state index < -0.39 is 11.7 Å². The number of rotatable bonds is 2. The van der Waals surface area contributed by atoms with Crippen molar-refractivity contribution in [3.8, 4) is 0 Å². The first-order chi connectivity index (χ1) is 6.32. The smallest absolute Gasteiger partial charge is 0.107 e. The molecule has 2 nitrogen and oxygen atoms in total. The summed E-state index contributed by atoms with van der Waals surface area (Å²) in [6, 6.07) is 5.81. The van der Waals surface area contributed by atoms with E-state index in [0.717, 1.165) is 16.7 Å². The van der Waals surface area contributed by atoms with Gasteiger partial charge >= 0.3 is 0 Å². The summed E-state index contributed by atoms with van der Waals surface area (Å²) >= 11 is 0. The Labute approximate surface area is 85.2 Å². The second-order valence-electron chi connectivity index (χ2n) is 4.42. The first-order valence-electron chi connectivity index (χ1n) is 4.80. The van der Waals surface area contributed by atoms with Gasteiger partial charge in [0.25, 0.3) is 0 Å². The third kappa shape index (κ3) is 2.34. The molecular formula is C12H18O2. The lowest BCUT2D eigenvalue weighted by molar-refractivity contribution is -0.0499. The number of hydrogen-bond acceptors (Lipinski definition) is 2. The Kier molecular flexibility index (Phi) is 2.98. The van der Waals surface area contributed by atoms with Crippen molar-refractivity contribution >= 4 is 0 Å². The maximum Gasteiger partial charge on any atom is 0.107 e. The molecule has 0 bridgehead atoms. The summed E-state index contributed by atoms with van der Waals surface area (Å²) in [6.45, 7) is 7.17. The van der Waals surface area contributed by atoms with Crippen LogP contribution >= 0.6 is 0 Å². The summed E-state index contributed by atoms with van der Waals surface area (Å²) < 4.78 is 0. The van der Waals surface area contributed by atoms with Gasteiger partial charge in [-0.2, -0.15) is 0 Å². The van der Waals surface area contributed by atoms with Crippen LogP contribution in [0.1, 0.15) is 36.6 Å². The van der Waals surface area contributed by atoms with Crippen molar-refractivity contribution in [2.24, 2.45) is 0 Å². The van der Waals surface area contributed by atoms with E-state index in [1.54, 1.807) is 13.8 Å². The quantitative estimate of drug-likeness (QED) is 0.757. The molecule has 2 heteroatoms. The van der Waals surface area contributed by atoms with Gasteiger partial charge in [0.2, 0.25) is 0 Å². The van der Waals surface area contributed by atoms with Crippen LogP contribution in [0, 0.1) is 13.8 Å². The van der Waals surface area contributed by atoms with Gasteiger partial charge in [-0.3, -0.25) is 0 Å². The van der Waals surface area contributed by atoms with Gasteiger partial charge in [-0.25, -0.2) is 0 Å². The van der Waals surface area contributed by atoms with Crippen LogP contribution < -0.4 is 0 Å². The first kappa shape index (κ1) is 11.2. The topological polar surface area (TPSA) is 40.5 Å². The molecule has 0 aromatic heterocycles. The molecular weight excluding hydrogens is 176 g/mol. The SMILES string of the molecule is Cc1ccc(C(O)C(C)(C)O)c(C)c1. The molecule has 1 atom stereocenters. The van der Waals surface area contributed by atoms with E-state index in [-0.39, 0.29) is 0 Å². The molecule has 0 aliphatic carbocycles. The highest BCUT2D eigenvalue weighted by Gasteiger charge is 2.26. The fourth-order valence-electron chi connectivity index (χ4n) is 1.51. The Balaban J connectivity index is 3.08. The number of benzene rings is 1. The van der Waals surface area contributed by atoms with E-state index in [0.29, 0.717) is 0 Å². The molecule has 1 rings (SSSR count). The lowest BCUT2D eigenvalue weighted by Gasteiger charge is -2.26. The minimum atomic E-state index is -1.10. The fraction of sp³-hybridized carbons (Fsp3) is 0.500. The molecule has 14 heavy (non-hydrogen) atoms. The Bertz CT molecular complexity index is 324. The third-order valence-electron chi connectivity index (χ3n) is 2.39. The second kappa shape index (κ2) is 3.71. The number of aliphatic hydroxyl groups is 2. The van der Waals surface area contributed by atoms with Gasteiger partial charge < -0.3 is 10.2 Å². The molecule has 1 aromatic rings. The van der Waals surface area contributed by atoms with Crippen molar-refractivity contribution in [2.75, 3.05) is 0 Å². The van der Waals surface area contributed by atoms with Crippen LogP contribution in [0.5, 0.6) is 0 Å². The molecule has 2 N–H and O–H groups in total. The van der Waals surface area contributed by atoms with E-state index in [2.05, 4.69) is 0 Å². The van der Waals surface area contributed by atoms with Crippen LogP contribution in [-0.2, 0) is 0 Å². The Morgan fingerprint density at radius 2 is 1.79 bits per heavy atom. The zero-order chi connectivity index (χ0) is 10.9. The lowest BCUT2D eigenvalue weighted by atomic mass is 9.91. The van der Waals surface area contributed by atoms with Crippen LogP contribution in [0.3, 0.4) is 0 Å². The highest BCUT2D eigenvalue weighted by atomic mass is 16.3. The predicted molar refractivity (Wildman–Crippen MR) is 57.2 cm³/mol. The molecule has 0 aliphatic rings. The molecule has 0 amide bonds. The molecule has 0 aliphatic heterocycles. The van der Waals surface area contributed by atoms with Crippen molar-refractivity contribution in [1.29, 1.82) is 0 Å². The molecule has 1 aromatic carbocycles. The largest absolute Gasteiger partial charge is 0.387 e. The van der Waals surface area contributed by atoms with E-state index >= 15 is 0 Å². The molecule has 0 radical (unpaired) electrons. The minimum Gasteiger partial charge on any atom is -0.387 e. The minimum absolute atomic E-state index is 0.795. The summed E-state index contributed by atoms with van der Waals surface area (Å²) in [5, 5.41) is 19.6. The Morgan fingerprint density at radius 3 is 2.21 bits per heavy atom. The highest BCUT2D eigenvalue weighted by molar-refractivity contribution is 5.33. The average Bonchev–Trinajstić information content (AvgIpc) is 2.01. The highest BCUT2D eigenvalue weighted by Crippen LogP contribution is 2.27. The molecule has 0 spiro atoms. The summed E-state index contributed by atoms with van der Waals surface area (Å²) in [6.07, 6.45) is -0.830. The molecule has 1 unspecified atom stereocenters. The number of hydrogen-bond donors (Lipinski definition) is 2. The first-order valence-corrected chi connectivity index (χ1v) is 4.80. The van der Waals surface area contributed by atoms with Crippen molar-refractivity contribution in [1.82, 2.24) is 0 Å². The van der Waals surface area contributed by atoms with E-state index in [1.165, 1.54) is 0 Å². The lowest BCUT2D eigenvalue weighted by Crippen LogP contribution is -2.29. The van der Waals surface area contributed by atoms with Crippen LogP contribution in [-0.4, -0.2) is 15.8 Å². The predicted octanol–water partition coefficient (Wildman–Crippen LogP) is 2.11. The van der Waals surface area contributed by atoms with E-state index in [1.807, 2.05) is 32.0 Å². The van der Waals surface area contributed by atoms with Crippen molar-refractivity contribution in [3.05, 3.63) is 34.9 Å². The van der Waals surface area contributed by atoms with Gasteiger partial charge in [-0.15, -0.1) is 0 Å². The summed E-state index contributed by atoms with van der Waals surface area (Å²) in [5.74, 6) is 0. The number of aliphatic hydroxyl groups excluding tert-OH is 1. The van der Waals surface area contributed by atoms with E-state index in [4.69, 9.17) is 0 Å². The van der Waals surface area contributed by atoms with Crippen molar-refractivity contribution in [2.45, 2.75) is 39.4 Å². The van der Waals surface area contributed by atoms with Gasteiger partial charge in [0.15, 0.2) is 0 Å². The van der Waals surface area contributed by atoms with Crippen LogP contribution in [0.4, 0.5) is 0 Å². The maximum absolute atomic E-state index is 9.88. The van der Waals surface area contributed by atoms with Crippen molar-refractivity contribution in [3.63, 3.8) is 0 Å². The van der Waals surface area contributed by atoms with Crippen LogP contribution in [0.25, 0.3) is 0 Å². The molecule has 0 saturated heterocycles. The zero-order valence-electron chi connectivity index (χ0n) is 9.20. The monoisotopic (exact) mass is 194 g/mol. The summed E-state index contributed by atoms with van der Waals surface area (Å²) in [5.41, 5.74) is 1.87. The summed E-state index contributed by atoms with van der Waals surface area (Å²) in [4.78, 5) is 0. The van der Waals surface area contributed by atoms with Gasteiger partial charge in [0.05, 0.1) is 5.60 Å². The third-order valence-corrected chi connectivity index (χ3v) is 2.39. The second-order valence-corrected chi connectivity index (χ2v) is 4.42. The van der Waals surface area contributed by atoms with E-state index in [9.17, 15) is 10.2 Å². The average molecular weight is 194 g/mol. The fourth-order valence-corrected chi connectivity index (χ4v) is 1.51. The zero-order valence-corrected chi connectivity index (χ0v) is 9.20. The summed E-state index contributed by atoms with van der Waals surface area (Å²) in [7, 11) is 0. The van der Waals surface area contributed by atoms with Gasteiger partial charge in [0, 0.05) is 0 Å². The molecule has 0 fully saturated rings. The molecule has 78 valence electrons. The maximum atomic E-state index is 9.88. The van der Waals surface area contributed by atoms with Gasteiger partial charge in [-0.1, -0.05) is 23.8 Å². The van der Waals surface area contributed by atoms with Crippen LogP contribution in [0.15, 0.2) is 18.2 Å². The van der Waals surface area contributed by atoms with Crippen molar-refractivity contribution < 1.29 is 10.2 Å². The number of aryl methyl sites for hydroxylation is 2. The van der Waals surface area contributed by atoms with Gasteiger partial charge in [-0.05, 0) is 38.8 Å². The Hall–Kier alpha value is -0.860. The standard InChI is InChI=1S/C12H18O2/c1-8-5-6-10(9(2)7-8)11(13)12(3,4)14/h5-7,11,13-14H,1-4H3.